The normalized spacial score (nSPS) is 25.8. The summed E-state index contributed by atoms with van der Waals surface area (Å²) in [7, 11) is 0. The van der Waals surface area contributed by atoms with Gasteiger partial charge in [0.15, 0.2) is 0 Å². The van der Waals surface area contributed by atoms with Crippen molar-refractivity contribution in [1.29, 1.82) is 0 Å². The van der Waals surface area contributed by atoms with Crippen LogP contribution in [0.1, 0.15) is 25.3 Å². The largest absolute Gasteiger partial charge is 0.368 e. The third kappa shape index (κ3) is 2.10. The Morgan fingerprint density at radius 3 is 2.75 bits per heavy atom. The van der Waals surface area contributed by atoms with E-state index in [1.807, 2.05) is 36.5 Å². The van der Waals surface area contributed by atoms with Gasteiger partial charge in [-0.2, -0.15) is 0 Å². The summed E-state index contributed by atoms with van der Waals surface area (Å²) in [6.07, 6.45) is 5.76. The minimum Gasteiger partial charge on any atom is -0.368 e. The highest BCUT2D eigenvalue weighted by Crippen LogP contribution is 2.38. The summed E-state index contributed by atoms with van der Waals surface area (Å²) >= 11 is 0. The number of aromatic nitrogens is 2. The van der Waals surface area contributed by atoms with E-state index in [4.69, 9.17) is 11.5 Å². The zero-order valence-electron chi connectivity index (χ0n) is 11.2. The molecule has 3 rings (SSSR count). The fraction of sp³-hybridized carbons (Fsp3) is 0.333. The number of benzene rings is 1. The molecule has 0 aliphatic heterocycles. The van der Waals surface area contributed by atoms with Gasteiger partial charge in [-0.1, -0.05) is 30.3 Å². The highest BCUT2D eigenvalue weighted by molar-refractivity contribution is 5.84. The van der Waals surface area contributed by atoms with Crippen molar-refractivity contribution in [2.45, 2.75) is 30.8 Å². The molecule has 1 saturated carbocycles. The van der Waals surface area contributed by atoms with Crippen LogP contribution in [0, 0.1) is 0 Å². The standard InChI is InChI=1S/C15H18N4O/c16-14(20)15(17)7-6-12(10-15)19-9-8-18-13(19)11-4-2-1-3-5-11/h1-5,8-9,12H,6-7,10,17H2,(H2,16,20). The Balaban J connectivity index is 1.91. The Bertz CT molecular complexity index is 622. The Labute approximate surface area is 117 Å². The van der Waals surface area contributed by atoms with Crippen LogP contribution in [0.25, 0.3) is 11.4 Å². The predicted octanol–water partition coefficient (Wildman–Crippen LogP) is 1.46. The quantitative estimate of drug-likeness (QED) is 0.885. The zero-order chi connectivity index (χ0) is 14.2. The smallest absolute Gasteiger partial charge is 0.237 e. The number of carbonyl (C=O) groups excluding carboxylic acids is 1. The number of rotatable bonds is 3. The van der Waals surface area contributed by atoms with Gasteiger partial charge in [-0.15, -0.1) is 0 Å². The van der Waals surface area contributed by atoms with Crippen molar-refractivity contribution < 1.29 is 4.79 Å². The molecule has 0 spiro atoms. The van der Waals surface area contributed by atoms with Crippen molar-refractivity contribution >= 4 is 5.91 Å². The number of carbonyl (C=O) groups is 1. The molecule has 1 fully saturated rings. The second-order valence-electron chi connectivity index (χ2n) is 5.44. The fourth-order valence-corrected chi connectivity index (χ4v) is 2.93. The summed E-state index contributed by atoms with van der Waals surface area (Å²) in [4.78, 5) is 15.9. The van der Waals surface area contributed by atoms with Gasteiger partial charge in [-0.3, -0.25) is 4.79 Å². The maximum atomic E-state index is 11.5. The van der Waals surface area contributed by atoms with Gasteiger partial charge in [0.2, 0.25) is 5.91 Å². The number of amides is 1. The molecule has 2 aromatic rings. The van der Waals surface area contributed by atoms with Crippen LogP contribution < -0.4 is 11.5 Å². The van der Waals surface area contributed by atoms with E-state index in [0.29, 0.717) is 12.8 Å². The van der Waals surface area contributed by atoms with Crippen LogP contribution in [0.2, 0.25) is 0 Å². The van der Waals surface area contributed by atoms with Crippen molar-refractivity contribution in [3.63, 3.8) is 0 Å². The summed E-state index contributed by atoms with van der Waals surface area (Å²) in [6, 6.07) is 10.2. The van der Waals surface area contributed by atoms with Crippen LogP contribution in [0.5, 0.6) is 0 Å². The van der Waals surface area contributed by atoms with Crippen LogP contribution in [0.15, 0.2) is 42.7 Å². The van der Waals surface area contributed by atoms with Gasteiger partial charge in [0, 0.05) is 24.0 Å². The van der Waals surface area contributed by atoms with Crippen LogP contribution in [-0.2, 0) is 4.79 Å². The zero-order valence-corrected chi connectivity index (χ0v) is 11.2. The Morgan fingerprint density at radius 2 is 2.10 bits per heavy atom. The first-order valence-corrected chi connectivity index (χ1v) is 6.77. The molecule has 1 heterocycles. The molecule has 1 amide bonds. The molecule has 1 aromatic carbocycles. The molecule has 1 aliphatic rings. The lowest BCUT2D eigenvalue weighted by Crippen LogP contribution is -2.49. The molecule has 5 heteroatoms. The highest BCUT2D eigenvalue weighted by atomic mass is 16.1. The second-order valence-corrected chi connectivity index (χ2v) is 5.44. The molecule has 2 atom stereocenters. The van der Waals surface area contributed by atoms with E-state index >= 15 is 0 Å². The van der Waals surface area contributed by atoms with E-state index in [-0.39, 0.29) is 6.04 Å². The molecule has 104 valence electrons. The molecule has 5 nitrogen and oxygen atoms in total. The number of hydrogen-bond acceptors (Lipinski definition) is 3. The van der Waals surface area contributed by atoms with E-state index in [0.717, 1.165) is 17.8 Å². The van der Waals surface area contributed by atoms with E-state index < -0.39 is 11.4 Å². The van der Waals surface area contributed by atoms with E-state index in [2.05, 4.69) is 9.55 Å². The first kappa shape index (κ1) is 12.9. The number of imidazole rings is 1. The topological polar surface area (TPSA) is 86.9 Å². The maximum Gasteiger partial charge on any atom is 0.237 e. The molecule has 2 unspecified atom stereocenters. The predicted molar refractivity (Wildman–Crippen MR) is 76.7 cm³/mol. The Morgan fingerprint density at radius 1 is 1.35 bits per heavy atom. The van der Waals surface area contributed by atoms with Gasteiger partial charge in [-0.05, 0) is 19.3 Å². The fourth-order valence-electron chi connectivity index (χ4n) is 2.93. The summed E-state index contributed by atoms with van der Waals surface area (Å²) in [6.45, 7) is 0. The van der Waals surface area contributed by atoms with Gasteiger partial charge in [-0.25, -0.2) is 4.98 Å². The lowest BCUT2D eigenvalue weighted by atomic mass is 9.98. The Kier molecular flexibility index (Phi) is 3.06. The molecule has 1 aromatic heterocycles. The van der Waals surface area contributed by atoms with Crippen molar-refractivity contribution in [2.75, 3.05) is 0 Å². The Hall–Kier alpha value is -2.14. The van der Waals surface area contributed by atoms with Crippen LogP contribution in [0.4, 0.5) is 0 Å². The number of nitrogens with zero attached hydrogens (tertiary/aromatic N) is 2. The average molecular weight is 270 g/mol. The van der Waals surface area contributed by atoms with Gasteiger partial charge >= 0.3 is 0 Å². The first-order valence-electron chi connectivity index (χ1n) is 6.77. The molecule has 0 radical (unpaired) electrons. The van der Waals surface area contributed by atoms with Gasteiger partial charge in [0.25, 0.3) is 0 Å². The lowest BCUT2D eigenvalue weighted by Gasteiger charge is -2.20. The van der Waals surface area contributed by atoms with Gasteiger partial charge in [0.1, 0.15) is 5.82 Å². The van der Waals surface area contributed by atoms with Crippen LogP contribution >= 0.6 is 0 Å². The molecule has 0 saturated heterocycles. The van der Waals surface area contributed by atoms with Crippen molar-refractivity contribution in [3.05, 3.63) is 42.7 Å². The maximum absolute atomic E-state index is 11.5. The summed E-state index contributed by atoms with van der Waals surface area (Å²) in [5, 5.41) is 0. The second kappa shape index (κ2) is 4.76. The lowest BCUT2D eigenvalue weighted by molar-refractivity contribution is -0.123. The van der Waals surface area contributed by atoms with Crippen LogP contribution in [0.3, 0.4) is 0 Å². The van der Waals surface area contributed by atoms with Gasteiger partial charge in [0.05, 0.1) is 5.54 Å². The molecule has 0 bridgehead atoms. The third-order valence-corrected chi connectivity index (χ3v) is 4.11. The average Bonchev–Trinajstić information content (AvgIpc) is 3.06. The van der Waals surface area contributed by atoms with Crippen molar-refractivity contribution in [3.8, 4) is 11.4 Å². The number of primary amides is 1. The molecule has 20 heavy (non-hydrogen) atoms. The van der Waals surface area contributed by atoms with Crippen LogP contribution in [-0.4, -0.2) is 21.0 Å². The summed E-state index contributed by atoms with van der Waals surface area (Å²) < 4.78 is 2.10. The minimum atomic E-state index is -0.886. The molecule has 1 aliphatic carbocycles. The van der Waals surface area contributed by atoms with E-state index in [9.17, 15) is 4.79 Å². The molecular weight excluding hydrogens is 252 g/mol. The molecular formula is C15H18N4O. The van der Waals surface area contributed by atoms with Gasteiger partial charge < -0.3 is 16.0 Å². The molecule has 4 N–H and O–H groups in total. The van der Waals surface area contributed by atoms with Crippen molar-refractivity contribution in [1.82, 2.24) is 9.55 Å². The highest BCUT2D eigenvalue weighted by Gasteiger charge is 2.41. The van der Waals surface area contributed by atoms with E-state index in [1.54, 1.807) is 6.20 Å². The van der Waals surface area contributed by atoms with E-state index in [1.165, 1.54) is 0 Å². The SMILES string of the molecule is NC(=O)C1(N)CCC(n2ccnc2-c2ccccc2)C1. The minimum absolute atomic E-state index is 0.171. The third-order valence-electron chi connectivity index (χ3n) is 4.11. The summed E-state index contributed by atoms with van der Waals surface area (Å²) in [5.74, 6) is 0.491. The number of nitrogens with two attached hydrogens (primary N) is 2. The first-order chi connectivity index (χ1) is 9.60. The number of hydrogen-bond donors (Lipinski definition) is 2. The monoisotopic (exact) mass is 270 g/mol. The van der Waals surface area contributed by atoms with Crippen molar-refractivity contribution in [2.24, 2.45) is 11.5 Å². The summed E-state index contributed by atoms with van der Waals surface area (Å²) in [5.41, 5.74) is 11.7.